The molecule has 3 nitrogen and oxygen atoms in total. The first-order valence-corrected chi connectivity index (χ1v) is 7.57. The third-order valence-electron chi connectivity index (χ3n) is 3.21. The Hall–Kier alpha value is -1.87. The van der Waals surface area contributed by atoms with Gasteiger partial charge in [-0.25, -0.2) is 4.98 Å². The molecule has 0 bridgehead atoms. The van der Waals surface area contributed by atoms with Crippen molar-refractivity contribution in [1.82, 2.24) is 4.98 Å². The van der Waals surface area contributed by atoms with Crippen LogP contribution in [0.3, 0.4) is 0 Å². The van der Waals surface area contributed by atoms with Crippen LogP contribution < -0.4 is 5.32 Å². The van der Waals surface area contributed by atoms with Crippen molar-refractivity contribution >= 4 is 23.2 Å². The third kappa shape index (κ3) is 4.30. The van der Waals surface area contributed by atoms with E-state index in [1.165, 1.54) is 5.56 Å². The van der Waals surface area contributed by atoms with Gasteiger partial charge in [0, 0.05) is 16.9 Å². The molecule has 2 rings (SSSR count). The molecule has 0 unspecified atom stereocenters. The van der Waals surface area contributed by atoms with Crippen molar-refractivity contribution in [1.29, 1.82) is 0 Å². The Kier molecular flexibility index (Phi) is 5.34. The van der Waals surface area contributed by atoms with Crippen LogP contribution in [0.15, 0.2) is 36.4 Å². The Morgan fingerprint density at radius 3 is 2.76 bits per heavy atom. The zero-order chi connectivity index (χ0) is 15.2. The van der Waals surface area contributed by atoms with Crippen molar-refractivity contribution in [3.8, 4) is 0 Å². The molecular weight excluding hydrogens is 284 g/mol. The summed E-state index contributed by atoms with van der Waals surface area (Å²) >= 11 is 5.99. The molecule has 0 aliphatic rings. The van der Waals surface area contributed by atoms with E-state index >= 15 is 0 Å². The number of rotatable bonds is 5. The molecular formula is C17H19ClN2O. The summed E-state index contributed by atoms with van der Waals surface area (Å²) < 4.78 is 0. The average molecular weight is 303 g/mol. The Labute approximate surface area is 130 Å². The number of nitrogens with zero attached hydrogens (tertiary/aromatic N) is 1. The Morgan fingerprint density at radius 1 is 1.24 bits per heavy atom. The van der Waals surface area contributed by atoms with Gasteiger partial charge in [0.25, 0.3) is 5.91 Å². The standard InChI is InChI=1S/C17H19ClN2O/c1-3-6-14-10-13(11-16(18)19-14)17(21)20-15-8-5-7-12(4-2)9-15/h5,7-11H,3-4,6H2,1-2H3,(H,20,21). The van der Waals surface area contributed by atoms with Gasteiger partial charge in [-0.15, -0.1) is 0 Å². The fourth-order valence-corrected chi connectivity index (χ4v) is 2.36. The quantitative estimate of drug-likeness (QED) is 0.826. The minimum absolute atomic E-state index is 0.162. The normalized spacial score (nSPS) is 10.4. The first-order chi connectivity index (χ1) is 10.1. The van der Waals surface area contributed by atoms with Crippen LogP contribution in [0, 0.1) is 0 Å². The molecule has 0 aliphatic heterocycles. The summed E-state index contributed by atoms with van der Waals surface area (Å²) in [6.07, 6.45) is 2.71. The molecule has 110 valence electrons. The first-order valence-electron chi connectivity index (χ1n) is 7.19. The van der Waals surface area contributed by atoms with Crippen LogP contribution in [-0.2, 0) is 12.8 Å². The average Bonchev–Trinajstić information content (AvgIpc) is 2.47. The minimum atomic E-state index is -0.162. The van der Waals surface area contributed by atoms with E-state index in [1.807, 2.05) is 24.3 Å². The van der Waals surface area contributed by atoms with Crippen molar-refractivity contribution in [3.63, 3.8) is 0 Å². The SMILES string of the molecule is CCCc1cc(C(=O)Nc2cccc(CC)c2)cc(Cl)n1. The van der Waals surface area contributed by atoms with E-state index < -0.39 is 0 Å². The molecule has 0 aliphatic carbocycles. The van der Waals surface area contributed by atoms with Crippen LogP contribution in [0.5, 0.6) is 0 Å². The zero-order valence-corrected chi connectivity index (χ0v) is 13.1. The van der Waals surface area contributed by atoms with Gasteiger partial charge in [0.2, 0.25) is 0 Å². The van der Waals surface area contributed by atoms with Crippen molar-refractivity contribution < 1.29 is 4.79 Å². The smallest absolute Gasteiger partial charge is 0.255 e. The van der Waals surface area contributed by atoms with Crippen molar-refractivity contribution in [2.24, 2.45) is 0 Å². The Morgan fingerprint density at radius 2 is 2.05 bits per heavy atom. The number of halogens is 1. The fourth-order valence-electron chi connectivity index (χ4n) is 2.14. The molecule has 0 spiro atoms. The molecule has 0 saturated heterocycles. The van der Waals surface area contributed by atoms with Gasteiger partial charge in [0.1, 0.15) is 5.15 Å². The zero-order valence-electron chi connectivity index (χ0n) is 12.3. The van der Waals surface area contributed by atoms with Gasteiger partial charge in [-0.05, 0) is 42.7 Å². The second-order valence-electron chi connectivity index (χ2n) is 4.93. The molecule has 4 heteroatoms. The summed E-state index contributed by atoms with van der Waals surface area (Å²) in [5.41, 5.74) is 3.37. The summed E-state index contributed by atoms with van der Waals surface area (Å²) in [6, 6.07) is 11.2. The van der Waals surface area contributed by atoms with Gasteiger partial charge in [-0.1, -0.05) is 44.0 Å². The Balaban J connectivity index is 2.19. The number of pyridine rings is 1. The highest BCUT2D eigenvalue weighted by Crippen LogP contribution is 2.16. The number of hydrogen-bond donors (Lipinski definition) is 1. The molecule has 1 N–H and O–H groups in total. The van der Waals surface area contributed by atoms with E-state index in [0.717, 1.165) is 30.6 Å². The first kappa shape index (κ1) is 15.5. The maximum absolute atomic E-state index is 12.3. The molecule has 1 aromatic heterocycles. The highest BCUT2D eigenvalue weighted by Gasteiger charge is 2.10. The Bertz CT molecular complexity index is 640. The monoisotopic (exact) mass is 302 g/mol. The molecule has 21 heavy (non-hydrogen) atoms. The van der Waals surface area contributed by atoms with E-state index in [-0.39, 0.29) is 5.91 Å². The van der Waals surface area contributed by atoms with Crippen LogP contribution in [0.1, 0.15) is 41.9 Å². The number of carbonyl (C=O) groups excluding carboxylic acids is 1. The van der Waals surface area contributed by atoms with Gasteiger partial charge in [-0.2, -0.15) is 0 Å². The minimum Gasteiger partial charge on any atom is -0.322 e. The molecule has 1 aromatic carbocycles. The van der Waals surface area contributed by atoms with Crippen molar-refractivity contribution in [3.05, 3.63) is 58.4 Å². The van der Waals surface area contributed by atoms with E-state index in [2.05, 4.69) is 24.1 Å². The van der Waals surface area contributed by atoms with Crippen LogP contribution in [-0.4, -0.2) is 10.9 Å². The fraction of sp³-hybridized carbons (Fsp3) is 0.294. The molecule has 0 fully saturated rings. The van der Waals surface area contributed by atoms with E-state index in [0.29, 0.717) is 10.7 Å². The van der Waals surface area contributed by atoms with Crippen LogP contribution in [0.2, 0.25) is 5.15 Å². The lowest BCUT2D eigenvalue weighted by atomic mass is 10.1. The van der Waals surface area contributed by atoms with Gasteiger partial charge < -0.3 is 5.32 Å². The molecule has 0 saturated carbocycles. The third-order valence-corrected chi connectivity index (χ3v) is 3.40. The summed E-state index contributed by atoms with van der Waals surface area (Å²) in [5.74, 6) is -0.162. The lowest BCUT2D eigenvalue weighted by Crippen LogP contribution is -2.13. The van der Waals surface area contributed by atoms with Crippen molar-refractivity contribution in [2.75, 3.05) is 5.32 Å². The van der Waals surface area contributed by atoms with E-state index in [9.17, 15) is 4.79 Å². The lowest BCUT2D eigenvalue weighted by Gasteiger charge is -2.08. The number of aromatic nitrogens is 1. The maximum Gasteiger partial charge on any atom is 0.255 e. The number of nitrogens with one attached hydrogen (secondary N) is 1. The van der Waals surface area contributed by atoms with Gasteiger partial charge in [-0.3, -0.25) is 4.79 Å². The molecule has 1 heterocycles. The van der Waals surface area contributed by atoms with E-state index in [1.54, 1.807) is 12.1 Å². The number of hydrogen-bond acceptors (Lipinski definition) is 2. The summed E-state index contributed by atoms with van der Waals surface area (Å²) in [4.78, 5) is 16.6. The maximum atomic E-state index is 12.3. The molecule has 0 atom stereocenters. The molecule has 2 aromatic rings. The number of anilines is 1. The number of carbonyl (C=O) groups is 1. The van der Waals surface area contributed by atoms with Crippen molar-refractivity contribution in [2.45, 2.75) is 33.1 Å². The predicted molar refractivity (Wildman–Crippen MR) is 87.0 cm³/mol. The molecule has 1 amide bonds. The summed E-state index contributed by atoms with van der Waals surface area (Å²) in [6.45, 7) is 4.15. The number of benzene rings is 1. The predicted octanol–water partition coefficient (Wildman–Crippen LogP) is 4.50. The number of amides is 1. The van der Waals surface area contributed by atoms with Crippen LogP contribution >= 0.6 is 11.6 Å². The topological polar surface area (TPSA) is 42.0 Å². The number of aryl methyl sites for hydroxylation is 2. The molecule has 0 radical (unpaired) electrons. The summed E-state index contributed by atoms with van der Waals surface area (Å²) in [5, 5.41) is 3.26. The van der Waals surface area contributed by atoms with Crippen LogP contribution in [0.25, 0.3) is 0 Å². The largest absolute Gasteiger partial charge is 0.322 e. The summed E-state index contributed by atoms with van der Waals surface area (Å²) in [7, 11) is 0. The van der Waals surface area contributed by atoms with Gasteiger partial charge >= 0.3 is 0 Å². The van der Waals surface area contributed by atoms with Crippen LogP contribution in [0.4, 0.5) is 5.69 Å². The van der Waals surface area contributed by atoms with Gasteiger partial charge in [0.05, 0.1) is 0 Å². The second-order valence-corrected chi connectivity index (χ2v) is 5.32. The van der Waals surface area contributed by atoms with E-state index in [4.69, 9.17) is 11.6 Å². The van der Waals surface area contributed by atoms with Gasteiger partial charge in [0.15, 0.2) is 0 Å². The highest BCUT2D eigenvalue weighted by atomic mass is 35.5. The lowest BCUT2D eigenvalue weighted by molar-refractivity contribution is 0.102. The highest BCUT2D eigenvalue weighted by molar-refractivity contribution is 6.29. The second kappa shape index (κ2) is 7.23.